The number of rotatable bonds is 4. The van der Waals surface area contributed by atoms with Gasteiger partial charge in [-0.25, -0.2) is 14.8 Å². The fraction of sp³-hybridized carbons (Fsp3) is 0.263. The third kappa shape index (κ3) is 3.27. The van der Waals surface area contributed by atoms with Gasteiger partial charge in [-0.1, -0.05) is 0 Å². The van der Waals surface area contributed by atoms with Gasteiger partial charge in [0, 0.05) is 43.1 Å². The van der Waals surface area contributed by atoms with Gasteiger partial charge in [0.2, 0.25) is 0 Å². The minimum Gasteiger partial charge on any atom is -0.478 e. The Morgan fingerprint density at radius 1 is 1.26 bits per heavy atom. The Bertz CT molecular complexity index is 1010. The maximum absolute atomic E-state index is 11.6. The van der Waals surface area contributed by atoms with Gasteiger partial charge in [-0.05, 0) is 31.0 Å². The summed E-state index contributed by atoms with van der Waals surface area (Å²) >= 11 is 0. The molecule has 0 spiro atoms. The summed E-state index contributed by atoms with van der Waals surface area (Å²) in [5.74, 6) is -0.136. The largest absolute Gasteiger partial charge is 0.478 e. The number of H-pyrrole nitrogens is 1. The van der Waals surface area contributed by atoms with Crippen molar-refractivity contribution < 1.29 is 9.90 Å². The molecule has 0 radical (unpaired) electrons. The smallest absolute Gasteiger partial charge is 0.339 e. The number of nitrogens with zero attached hydrogens (tertiary/aromatic N) is 4. The zero-order valence-electron chi connectivity index (χ0n) is 14.5. The first-order valence-corrected chi connectivity index (χ1v) is 8.72. The molecule has 4 rings (SSSR count). The van der Waals surface area contributed by atoms with Crippen molar-refractivity contribution in [3.05, 3.63) is 47.9 Å². The van der Waals surface area contributed by atoms with Crippen LogP contribution in [0, 0.1) is 11.3 Å². The average Bonchev–Trinajstić information content (AvgIpc) is 3.18. The molecule has 3 N–H and O–H groups in total. The number of anilines is 2. The van der Waals surface area contributed by atoms with Gasteiger partial charge in [-0.15, -0.1) is 0 Å². The molecule has 3 aromatic heterocycles. The molecule has 1 saturated heterocycles. The van der Waals surface area contributed by atoms with Crippen LogP contribution in [-0.4, -0.2) is 45.2 Å². The first-order valence-electron chi connectivity index (χ1n) is 8.72. The van der Waals surface area contributed by atoms with Crippen molar-refractivity contribution in [1.82, 2.24) is 15.0 Å². The van der Waals surface area contributed by atoms with Crippen LogP contribution in [-0.2, 0) is 0 Å². The summed E-state index contributed by atoms with van der Waals surface area (Å²) in [5.41, 5.74) is 2.01. The number of carboxylic acid groups (broad SMARTS) is 1. The molecule has 0 aliphatic carbocycles. The summed E-state index contributed by atoms with van der Waals surface area (Å²) < 4.78 is 0. The van der Waals surface area contributed by atoms with Gasteiger partial charge in [-0.2, -0.15) is 5.26 Å². The fourth-order valence-electron chi connectivity index (χ4n) is 3.42. The van der Waals surface area contributed by atoms with E-state index in [1.807, 2.05) is 12.1 Å². The van der Waals surface area contributed by atoms with Gasteiger partial charge in [0.05, 0.1) is 11.3 Å². The molecular weight excluding hydrogens is 344 g/mol. The van der Waals surface area contributed by atoms with E-state index in [2.05, 4.69) is 31.2 Å². The molecule has 27 heavy (non-hydrogen) atoms. The topological polar surface area (TPSA) is 118 Å². The number of hydrogen-bond acceptors (Lipinski definition) is 6. The minimum atomic E-state index is -0.993. The van der Waals surface area contributed by atoms with Crippen molar-refractivity contribution in [2.45, 2.75) is 18.9 Å². The van der Waals surface area contributed by atoms with E-state index >= 15 is 0 Å². The van der Waals surface area contributed by atoms with E-state index in [0.717, 1.165) is 37.1 Å². The molecular formula is C19H18N6O2. The van der Waals surface area contributed by atoms with Crippen LogP contribution in [0.1, 0.15) is 28.8 Å². The number of nitriles is 1. The standard InChI is InChI=1S/C19H18N6O2/c20-9-12-1-2-16(22-10-12)25-7-4-13(5-8-25)24-17-14-3-6-21-18(14)23-11-15(17)19(26)27/h1-3,6,10-11,13H,4-5,7-8H2,(H,26,27)(H2,21,23,24). The third-order valence-corrected chi connectivity index (χ3v) is 4.86. The van der Waals surface area contributed by atoms with Crippen LogP contribution in [0.3, 0.4) is 0 Å². The summed E-state index contributed by atoms with van der Waals surface area (Å²) in [5, 5.41) is 22.6. The van der Waals surface area contributed by atoms with Gasteiger partial charge >= 0.3 is 5.97 Å². The van der Waals surface area contributed by atoms with Crippen LogP contribution in [0.2, 0.25) is 0 Å². The lowest BCUT2D eigenvalue weighted by Gasteiger charge is -2.34. The van der Waals surface area contributed by atoms with Gasteiger partial charge in [0.1, 0.15) is 23.1 Å². The molecule has 1 aliphatic rings. The summed E-state index contributed by atoms with van der Waals surface area (Å²) in [6.45, 7) is 1.61. The second kappa shape index (κ2) is 6.96. The number of aromatic amines is 1. The Balaban J connectivity index is 1.49. The van der Waals surface area contributed by atoms with Gasteiger partial charge in [-0.3, -0.25) is 0 Å². The van der Waals surface area contributed by atoms with Crippen LogP contribution in [0.25, 0.3) is 11.0 Å². The number of carboxylic acids is 1. The number of pyridine rings is 2. The van der Waals surface area contributed by atoms with E-state index in [4.69, 9.17) is 5.26 Å². The molecule has 0 saturated carbocycles. The van der Waals surface area contributed by atoms with Crippen LogP contribution in [0.15, 0.2) is 36.8 Å². The van der Waals surface area contributed by atoms with Crippen LogP contribution in [0.5, 0.6) is 0 Å². The van der Waals surface area contributed by atoms with Crippen molar-refractivity contribution in [3.63, 3.8) is 0 Å². The summed E-state index contributed by atoms with van der Waals surface area (Å²) in [6.07, 6.45) is 6.44. The summed E-state index contributed by atoms with van der Waals surface area (Å²) in [6, 6.07) is 7.71. The zero-order chi connectivity index (χ0) is 18.8. The lowest BCUT2D eigenvalue weighted by atomic mass is 10.0. The number of nitrogens with one attached hydrogen (secondary N) is 2. The second-order valence-corrected chi connectivity index (χ2v) is 6.51. The zero-order valence-corrected chi connectivity index (χ0v) is 14.5. The Hall–Kier alpha value is -3.60. The first-order chi connectivity index (χ1) is 13.2. The Kier molecular flexibility index (Phi) is 4.34. The molecule has 8 nitrogen and oxygen atoms in total. The van der Waals surface area contributed by atoms with E-state index in [-0.39, 0.29) is 11.6 Å². The monoisotopic (exact) mass is 362 g/mol. The van der Waals surface area contributed by atoms with E-state index in [0.29, 0.717) is 16.9 Å². The quantitative estimate of drug-likeness (QED) is 0.653. The first kappa shape index (κ1) is 16.8. The molecule has 1 aliphatic heterocycles. The van der Waals surface area contributed by atoms with E-state index in [1.54, 1.807) is 18.5 Å². The number of fused-ring (bicyclic) bond motifs is 1. The van der Waals surface area contributed by atoms with Crippen LogP contribution in [0.4, 0.5) is 11.5 Å². The number of aromatic carboxylic acids is 1. The van der Waals surface area contributed by atoms with E-state index in [9.17, 15) is 9.90 Å². The van der Waals surface area contributed by atoms with Crippen molar-refractivity contribution >= 4 is 28.5 Å². The van der Waals surface area contributed by atoms with Crippen LogP contribution < -0.4 is 10.2 Å². The molecule has 0 bridgehead atoms. The lowest BCUT2D eigenvalue weighted by Crippen LogP contribution is -2.39. The molecule has 0 amide bonds. The maximum atomic E-state index is 11.6. The fourth-order valence-corrected chi connectivity index (χ4v) is 3.42. The molecule has 3 aromatic rings. The Morgan fingerprint density at radius 3 is 2.74 bits per heavy atom. The van der Waals surface area contributed by atoms with Crippen molar-refractivity contribution in [3.8, 4) is 6.07 Å². The van der Waals surface area contributed by atoms with Gasteiger partial charge < -0.3 is 20.3 Å². The molecule has 136 valence electrons. The number of piperidine rings is 1. The molecule has 4 heterocycles. The van der Waals surface area contributed by atoms with Gasteiger partial charge in [0.15, 0.2) is 0 Å². The Morgan fingerprint density at radius 2 is 2.07 bits per heavy atom. The number of aromatic nitrogens is 3. The van der Waals surface area contributed by atoms with E-state index in [1.165, 1.54) is 6.20 Å². The third-order valence-electron chi connectivity index (χ3n) is 4.86. The SMILES string of the molecule is N#Cc1ccc(N2CCC(Nc3c(C(=O)O)cnc4[nH]ccc34)CC2)nc1. The number of carbonyl (C=O) groups is 1. The molecule has 0 unspecified atom stereocenters. The van der Waals surface area contributed by atoms with Crippen LogP contribution >= 0.6 is 0 Å². The second-order valence-electron chi connectivity index (χ2n) is 6.51. The highest BCUT2D eigenvalue weighted by atomic mass is 16.4. The highest BCUT2D eigenvalue weighted by molar-refractivity contribution is 6.03. The normalized spacial score (nSPS) is 14.9. The Labute approximate surface area is 155 Å². The van der Waals surface area contributed by atoms with E-state index < -0.39 is 5.97 Å². The highest BCUT2D eigenvalue weighted by Gasteiger charge is 2.23. The van der Waals surface area contributed by atoms with Crippen molar-refractivity contribution in [1.29, 1.82) is 5.26 Å². The number of hydrogen-bond donors (Lipinski definition) is 3. The summed E-state index contributed by atoms with van der Waals surface area (Å²) in [4.78, 5) is 25.3. The summed E-state index contributed by atoms with van der Waals surface area (Å²) in [7, 11) is 0. The molecule has 0 atom stereocenters. The average molecular weight is 362 g/mol. The highest BCUT2D eigenvalue weighted by Crippen LogP contribution is 2.28. The van der Waals surface area contributed by atoms with Crippen molar-refractivity contribution in [2.24, 2.45) is 0 Å². The molecule has 1 fully saturated rings. The molecule has 8 heteroatoms. The lowest BCUT2D eigenvalue weighted by molar-refractivity contribution is 0.0697. The van der Waals surface area contributed by atoms with Gasteiger partial charge in [0.25, 0.3) is 0 Å². The predicted molar refractivity (Wildman–Crippen MR) is 101 cm³/mol. The van der Waals surface area contributed by atoms with Crippen molar-refractivity contribution in [2.75, 3.05) is 23.3 Å². The maximum Gasteiger partial charge on any atom is 0.339 e. The predicted octanol–water partition coefficient (Wildman–Crippen LogP) is 2.61. The molecule has 0 aromatic carbocycles. The minimum absolute atomic E-state index is 0.165.